The molecule has 0 heterocycles. The molecule has 0 aliphatic carbocycles. The Balaban J connectivity index is 2.04. The second kappa shape index (κ2) is 7.15. The fourth-order valence-corrected chi connectivity index (χ4v) is 4.47. The number of hydrogen-bond acceptors (Lipinski definition) is 0. The smallest absolute Gasteiger partial charge is 0.00202 e. The highest BCUT2D eigenvalue weighted by Gasteiger charge is 2.20. The number of fused-ring (bicyclic) bond motifs is 3. The van der Waals surface area contributed by atoms with E-state index in [0.717, 1.165) is 0 Å². The third-order valence-electron chi connectivity index (χ3n) is 6.02. The summed E-state index contributed by atoms with van der Waals surface area (Å²) in [6.07, 6.45) is 0. The largest absolute Gasteiger partial charge is 0.0622 e. The Kier molecular flexibility index (Phi) is 4.44. The van der Waals surface area contributed by atoms with Gasteiger partial charge < -0.3 is 0 Å². The van der Waals surface area contributed by atoms with E-state index in [4.69, 9.17) is 0 Å². The molecule has 0 saturated heterocycles. The second-order valence-corrected chi connectivity index (χ2v) is 9.04. The lowest BCUT2D eigenvalue weighted by molar-refractivity contribution is 0.591. The monoisotopic (exact) mass is 386 g/mol. The van der Waals surface area contributed by atoms with Crippen LogP contribution in [-0.2, 0) is 5.41 Å². The van der Waals surface area contributed by atoms with Crippen LogP contribution in [0.15, 0.2) is 103 Å². The summed E-state index contributed by atoms with van der Waals surface area (Å²) in [5.74, 6) is 0. The average Bonchev–Trinajstić information content (AvgIpc) is 2.78. The van der Waals surface area contributed by atoms with E-state index in [1.54, 1.807) is 0 Å². The lowest BCUT2D eigenvalue weighted by atomic mass is 9.81. The molecule has 0 aromatic heterocycles. The van der Waals surface area contributed by atoms with Crippen molar-refractivity contribution in [2.75, 3.05) is 0 Å². The fourth-order valence-electron chi connectivity index (χ4n) is 4.47. The van der Waals surface area contributed by atoms with Gasteiger partial charge in [-0.25, -0.2) is 0 Å². The highest BCUT2D eigenvalue weighted by atomic mass is 14.2. The van der Waals surface area contributed by atoms with Crippen LogP contribution in [0.2, 0.25) is 0 Å². The van der Waals surface area contributed by atoms with Gasteiger partial charge in [0.2, 0.25) is 0 Å². The van der Waals surface area contributed by atoms with Gasteiger partial charge in [-0.2, -0.15) is 0 Å². The van der Waals surface area contributed by atoms with Gasteiger partial charge in [0.05, 0.1) is 0 Å². The minimum absolute atomic E-state index is 0.0979. The van der Waals surface area contributed by atoms with Crippen LogP contribution in [0.1, 0.15) is 26.3 Å². The zero-order valence-electron chi connectivity index (χ0n) is 17.8. The molecule has 5 aromatic rings. The molecule has 30 heavy (non-hydrogen) atoms. The molecular formula is C30H26. The van der Waals surface area contributed by atoms with E-state index >= 15 is 0 Å². The second-order valence-electron chi connectivity index (χ2n) is 9.04. The van der Waals surface area contributed by atoms with Gasteiger partial charge in [-0.1, -0.05) is 118 Å². The van der Waals surface area contributed by atoms with Crippen molar-refractivity contribution in [2.45, 2.75) is 26.2 Å². The Morgan fingerprint density at radius 1 is 0.433 bits per heavy atom. The summed E-state index contributed by atoms with van der Waals surface area (Å²) in [4.78, 5) is 0. The van der Waals surface area contributed by atoms with Crippen LogP contribution in [0.5, 0.6) is 0 Å². The zero-order valence-corrected chi connectivity index (χ0v) is 17.8. The van der Waals surface area contributed by atoms with Crippen molar-refractivity contribution in [1.82, 2.24) is 0 Å². The molecule has 0 radical (unpaired) electrons. The van der Waals surface area contributed by atoms with Gasteiger partial charge in [0.15, 0.2) is 0 Å². The first kappa shape index (κ1) is 18.6. The lowest BCUT2D eigenvalue weighted by Crippen LogP contribution is -2.10. The van der Waals surface area contributed by atoms with Gasteiger partial charge in [-0.3, -0.25) is 0 Å². The van der Waals surface area contributed by atoms with E-state index in [1.165, 1.54) is 49.4 Å². The minimum atomic E-state index is 0.0979. The number of hydrogen-bond donors (Lipinski definition) is 0. The van der Waals surface area contributed by atoms with Crippen molar-refractivity contribution < 1.29 is 0 Å². The maximum atomic E-state index is 2.41. The van der Waals surface area contributed by atoms with Gasteiger partial charge in [-0.15, -0.1) is 0 Å². The van der Waals surface area contributed by atoms with Crippen molar-refractivity contribution >= 4 is 21.5 Å². The van der Waals surface area contributed by atoms with E-state index in [2.05, 4.69) is 124 Å². The normalized spacial score (nSPS) is 11.8. The van der Waals surface area contributed by atoms with E-state index in [-0.39, 0.29) is 5.41 Å². The third-order valence-corrected chi connectivity index (χ3v) is 6.02. The van der Waals surface area contributed by atoms with Crippen molar-refractivity contribution in [2.24, 2.45) is 0 Å². The molecular weight excluding hydrogens is 360 g/mol. The molecule has 0 fully saturated rings. The minimum Gasteiger partial charge on any atom is -0.0622 e. The van der Waals surface area contributed by atoms with Crippen molar-refractivity contribution in [3.8, 4) is 22.3 Å². The molecule has 0 aliphatic heterocycles. The van der Waals surface area contributed by atoms with E-state index in [0.29, 0.717) is 0 Å². The molecule has 5 rings (SSSR count). The summed E-state index contributed by atoms with van der Waals surface area (Å²) in [7, 11) is 0. The molecule has 5 aromatic carbocycles. The summed E-state index contributed by atoms with van der Waals surface area (Å²) in [5, 5.41) is 5.26. The molecule has 146 valence electrons. The first-order chi connectivity index (χ1) is 14.5. The molecule has 0 unspecified atom stereocenters. The van der Waals surface area contributed by atoms with Gasteiger partial charge in [0, 0.05) is 0 Å². The molecule has 0 atom stereocenters. The first-order valence-electron chi connectivity index (χ1n) is 10.6. The predicted molar refractivity (Wildman–Crippen MR) is 131 cm³/mol. The van der Waals surface area contributed by atoms with Crippen LogP contribution < -0.4 is 0 Å². The Bertz CT molecular complexity index is 1340. The first-order valence-corrected chi connectivity index (χ1v) is 10.6. The fraction of sp³-hybridized carbons (Fsp3) is 0.133. The molecule has 0 aliphatic rings. The lowest BCUT2D eigenvalue weighted by Gasteiger charge is -2.23. The Morgan fingerprint density at radius 3 is 1.47 bits per heavy atom. The quantitative estimate of drug-likeness (QED) is 0.266. The van der Waals surface area contributed by atoms with Gasteiger partial charge in [0.1, 0.15) is 0 Å². The molecule has 0 saturated carbocycles. The van der Waals surface area contributed by atoms with Gasteiger partial charge >= 0.3 is 0 Å². The van der Waals surface area contributed by atoms with Crippen molar-refractivity contribution in [3.05, 3.63) is 109 Å². The topological polar surface area (TPSA) is 0 Å². The SMILES string of the molecule is CC(C)(C)c1ccc2c(c1)c(-c1ccccc1)c(-c1ccccc1)c1ccccc12. The summed E-state index contributed by atoms with van der Waals surface area (Å²) in [6.45, 7) is 6.86. The van der Waals surface area contributed by atoms with E-state index in [1.807, 2.05) is 0 Å². The van der Waals surface area contributed by atoms with Crippen molar-refractivity contribution in [1.29, 1.82) is 0 Å². The summed E-state index contributed by atoms with van der Waals surface area (Å²) < 4.78 is 0. The summed E-state index contributed by atoms with van der Waals surface area (Å²) in [6, 6.07) is 37.5. The number of rotatable bonds is 2. The summed E-state index contributed by atoms with van der Waals surface area (Å²) in [5.41, 5.74) is 6.62. The molecule has 0 spiro atoms. The van der Waals surface area contributed by atoms with Crippen LogP contribution in [0.4, 0.5) is 0 Å². The molecule has 0 amide bonds. The zero-order chi connectivity index (χ0) is 20.7. The van der Waals surface area contributed by atoms with E-state index < -0.39 is 0 Å². The van der Waals surface area contributed by atoms with Crippen LogP contribution >= 0.6 is 0 Å². The van der Waals surface area contributed by atoms with E-state index in [9.17, 15) is 0 Å². The van der Waals surface area contributed by atoms with Crippen LogP contribution in [0.25, 0.3) is 43.8 Å². The molecule has 0 nitrogen and oxygen atoms in total. The highest BCUT2D eigenvalue weighted by Crippen LogP contribution is 2.45. The Morgan fingerprint density at radius 2 is 0.900 bits per heavy atom. The predicted octanol–water partition coefficient (Wildman–Crippen LogP) is 8.62. The maximum Gasteiger partial charge on any atom is -0.00202 e. The third kappa shape index (κ3) is 3.09. The number of benzene rings is 5. The van der Waals surface area contributed by atoms with Gasteiger partial charge in [0.25, 0.3) is 0 Å². The molecule has 0 heteroatoms. The summed E-state index contributed by atoms with van der Waals surface area (Å²) >= 11 is 0. The van der Waals surface area contributed by atoms with Crippen LogP contribution in [0.3, 0.4) is 0 Å². The maximum absolute atomic E-state index is 2.41. The van der Waals surface area contributed by atoms with Crippen LogP contribution in [0, 0.1) is 0 Å². The van der Waals surface area contributed by atoms with Gasteiger partial charge in [-0.05, 0) is 60.8 Å². The molecule has 0 N–H and O–H groups in total. The van der Waals surface area contributed by atoms with Crippen molar-refractivity contribution in [3.63, 3.8) is 0 Å². The van der Waals surface area contributed by atoms with Crippen LogP contribution in [-0.4, -0.2) is 0 Å². The average molecular weight is 387 g/mol. The molecule has 0 bridgehead atoms. The highest BCUT2D eigenvalue weighted by molar-refractivity contribution is 6.21. The standard InChI is InChI=1S/C30H26/c1-30(2,3)23-18-19-25-24-16-10-11-17-26(24)28(21-12-6-4-7-13-21)29(27(25)20-23)22-14-8-5-9-15-22/h4-20H,1-3H3. The Labute approximate surface area is 178 Å². The Hall–Kier alpha value is -3.38.